The van der Waals surface area contributed by atoms with Crippen LogP contribution in [0.2, 0.25) is 0 Å². The summed E-state index contributed by atoms with van der Waals surface area (Å²) in [6.45, 7) is 6.39. The number of amides is 1. The number of piperazine rings is 1. The summed E-state index contributed by atoms with van der Waals surface area (Å²) in [5, 5.41) is 5.97. The summed E-state index contributed by atoms with van der Waals surface area (Å²) in [5.41, 5.74) is 2.33. The lowest BCUT2D eigenvalue weighted by atomic mass is 10.1. The van der Waals surface area contributed by atoms with Gasteiger partial charge in [0.2, 0.25) is 0 Å². The highest BCUT2D eigenvalue weighted by Crippen LogP contribution is 2.20. The second-order valence-electron chi connectivity index (χ2n) is 6.87. The van der Waals surface area contributed by atoms with E-state index in [-0.39, 0.29) is 35.7 Å². The summed E-state index contributed by atoms with van der Waals surface area (Å²) in [5.74, 6) is 0.582. The SMILES string of the molecule is CCNC(=NCc1ccc(C(=O)NC)cc1)N1CCN(c2ccccc2F)CC1.I. The van der Waals surface area contributed by atoms with Crippen LogP contribution in [0.15, 0.2) is 53.5 Å². The Morgan fingerprint density at radius 1 is 1.07 bits per heavy atom. The topological polar surface area (TPSA) is 60.0 Å². The van der Waals surface area contributed by atoms with Gasteiger partial charge >= 0.3 is 0 Å². The number of anilines is 1. The first-order valence-electron chi connectivity index (χ1n) is 9.96. The van der Waals surface area contributed by atoms with E-state index in [1.54, 1.807) is 13.1 Å². The second kappa shape index (κ2) is 11.7. The Balaban J connectivity index is 0.00000320. The van der Waals surface area contributed by atoms with Crippen molar-refractivity contribution in [3.05, 3.63) is 65.5 Å². The number of nitrogens with one attached hydrogen (secondary N) is 2. The molecule has 0 aromatic heterocycles. The molecule has 0 atom stereocenters. The molecule has 6 nitrogen and oxygen atoms in total. The average Bonchev–Trinajstić information content (AvgIpc) is 2.77. The molecule has 1 fully saturated rings. The highest BCUT2D eigenvalue weighted by Gasteiger charge is 2.21. The maximum Gasteiger partial charge on any atom is 0.251 e. The Kier molecular flexibility index (Phi) is 9.35. The molecule has 30 heavy (non-hydrogen) atoms. The minimum atomic E-state index is -0.179. The van der Waals surface area contributed by atoms with E-state index in [0.717, 1.165) is 44.2 Å². The Morgan fingerprint density at radius 3 is 2.33 bits per heavy atom. The number of carbonyl (C=O) groups is 1. The van der Waals surface area contributed by atoms with Crippen molar-refractivity contribution in [2.45, 2.75) is 13.5 Å². The smallest absolute Gasteiger partial charge is 0.251 e. The molecular weight excluding hydrogens is 496 g/mol. The lowest BCUT2D eigenvalue weighted by Gasteiger charge is -2.37. The van der Waals surface area contributed by atoms with Gasteiger partial charge in [0.05, 0.1) is 12.2 Å². The highest BCUT2D eigenvalue weighted by molar-refractivity contribution is 14.0. The van der Waals surface area contributed by atoms with E-state index in [2.05, 4.69) is 20.4 Å². The van der Waals surface area contributed by atoms with Crippen LogP contribution in [0.4, 0.5) is 10.1 Å². The number of halogens is 2. The molecular formula is C22H29FIN5O. The van der Waals surface area contributed by atoms with Crippen molar-refractivity contribution in [2.24, 2.45) is 4.99 Å². The highest BCUT2D eigenvalue weighted by atomic mass is 127. The summed E-state index contributed by atoms with van der Waals surface area (Å²) < 4.78 is 14.0. The van der Waals surface area contributed by atoms with Crippen LogP contribution in [0.3, 0.4) is 0 Å². The van der Waals surface area contributed by atoms with E-state index >= 15 is 0 Å². The molecule has 2 aromatic rings. The standard InChI is InChI=1S/C22H28FN5O.HI/c1-3-25-22(26-16-17-8-10-18(11-9-17)21(29)24-2)28-14-12-27(13-15-28)20-7-5-4-6-19(20)23;/h4-11H,3,12-16H2,1-2H3,(H,24,29)(H,25,26);1H. The van der Waals surface area contributed by atoms with Crippen LogP contribution in [-0.2, 0) is 6.54 Å². The first-order chi connectivity index (χ1) is 14.1. The number of carbonyl (C=O) groups excluding carboxylic acids is 1. The van der Waals surface area contributed by atoms with Crippen molar-refractivity contribution >= 4 is 41.5 Å². The fraction of sp³-hybridized carbons (Fsp3) is 0.364. The first-order valence-corrected chi connectivity index (χ1v) is 9.96. The number of hydrogen-bond donors (Lipinski definition) is 2. The predicted molar refractivity (Wildman–Crippen MR) is 130 cm³/mol. The molecule has 0 bridgehead atoms. The number of hydrogen-bond acceptors (Lipinski definition) is 3. The lowest BCUT2D eigenvalue weighted by molar-refractivity contribution is 0.0963. The molecule has 3 rings (SSSR count). The van der Waals surface area contributed by atoms with Crippen LogP contribution in [-0.4, -0.2) is 56.5 Å². The quantitative estimate of drug-likeness (QED) is 0.358. The Bertz CT molecular complexity index is 851. The fourth-order valence-corrected chi connectivity index (χ4v) is 3.37. The van der Waals surface area contributed by atoms with Crippen molar-refractivity contribution in [1.29, 1.82) is 0 Å². The van der Waals surface area contributed by atoms with Gasteiger partial charge in [0.25, 0.3) is 5.91 Å². The Morgan fingerprint density at radius 2 is 1.73 bits per heavy atom. The average molecular weight is 525 g/mol. The van der Waals surface area contributed by atoms with Gasteiger partial charge < -0.3 is 20.4 Å². The normalized spacial score (nSPS) is 14.2. The Labute approximate surface area is 194 Å². The largest absolute Gasteiger partial charge is 0.366 e. The zero-order valence-electron chi connectivity index (χ0n) is 17.4. The third kappa shape index (κ3) is 6.07. The van der Waals surface area contributed by atoms with Crippen molar-refractivity contribution in [2.75, 3.05) is 44.7 Å². The monoisotopic (exact) mass is 525 g/mol. The molecule has 2 aromatic carbocycles. The van der Waals surface area contributed by atoms with E-state index in [1.807, 2.05) is 43.3 Å². The van der Waals surface area contributed by atoms with Crippen LogP contribution in [0.1, 0.15) is 22.8 Å². The van der Waals surface area contributed by atoms with E-state index in [4.69, 9.17) is 4.99 Å². The number of rotatable bonds is 5. The summed E-state index contributed by atoms with van der Waals surface area (Å²) >= 11 is 0. The molecule has 0 unspecified atom stereocenters. The fourth-order valence-electron chi connectivity index (χ4n) is 3.37. The summed E-state index contributed by atoms with van der Waals surface area (Å²) in [6.07, 6.45) is 0. The molecule has 1 saturated heterocycles. The van der Waals surface area contributed by atoms with Gasteiger partial charge in [-0.25, -0.2) is 9.38 Å². The van der Waals surface area contributed by atoms with Gasteiger partial charge in [0.15, 0.2) is 5.96 Å². The third-order valence-electron chi connectivity index (χ3n) is 4.96. The van der Waals surface area contributed by atoms with Gasteiger partial charge in [0, 0.05) is 45.3 Å². The molecule has 8 heteroatoms. The maximum absolute atomic E-state index is 14.0. The molecule has 0 saturated carbocycles. The number of nitrogens with zero attached hydrogens (tertiary/aromatic N) is 3. The van der Waals surface area contributed by atoms with Crippen molar-refractivity contribution in [3.63, 3.8) is 0 Å². The van der Waals surface area contributed by atoms with Crippen LogP contribution in [0.25, 0.3) is 0 Å². The van der Waals surface area contributed by atoms with Gasteiger partial charge in [-0.2, -0.15) is 0 Å². The van der Waals surface area contributed by atoms with Crippen molar-refractivity contribution in [3.8, 4) is 0 Å². The summed E-state index contributed by atoms with van der Waals surface area (Å²) in [6, 6.07) is 14.4. The molecule has 1 heterocycles. The van der Waals surface area contributed by atoms with Gasteiger partial charge in [-0.15, -0.1) is 24.0 Å². The molecule has 0 spiro atoms. The molecule has 1 aliphatic rings. The van der Waals surface area contributed by atoms with Crippen LogP contribution < -0.4 is 15.5 Å². The number of aliphatic imine (C=N–C) groups is 1. The van der Waals surface area contributed by atoms with Gasteiger partial charge in [-0.3, -0.25) is 4.79 Å². The third-order valence-corrected chi connectivity index (χ3v) is 4.96. The van der Waals surface area contributed by atoms with Crippen LogP contribution >= 0.6 is 24.0 Å². The molecule has 2 N–H and O–H groups in total. The lowest BCUT2D eigenvalue weighted by Crippen LogP contribution is -2.52. The van der Waals surface area contributed by atoms with Gasteiger partial charge in [-0.1, -0.05) is 24.3 Å². The molecule has 0 radical (unpaired) electrons. The zero-order valence-corrected chi connectivity index (χ0v) is 19.7. The minimum absolute atomic E-state index is 0. The van der Waals surface area contributed by atoms with Crippen LogP contribution in [0, 0.1) is 5.82 Å². The Hall–Kier alpha value is -2.36. The van der Waals surface area contributed by atoms with E-state index in [0.29, 0.717) is 17.8 Å². The molecule has 162 valence electrons. The zero-order chi connectivity index (χ0) is 20.6. The van der Waals surface area contributed by atoms with Crippen LogP contribution in [0.5, 0.6) is 0 Å². The first kappa shape index (κ1) is 23.9. The number of benzene rings is 2. The van der Waals surface area contributed by atoms with Gasteiger partial charge in [-0.05, 0) is 36.8 Å². The maximum atomic E-state index is 14.0. The summed E-state index contributed by atoms with van der Waals surface area (Å²) in [4.78, 5) is 20.7. The summed E-state index contributed by atoms with van der Waals surface area (Å²) in [7, 11) is 1.62. The van der Waals surface area contributed by atoms with Crippen molar-refractivity contribution in [1.82, 2.24) is 15.5 Å². The minimum Gasteiger partial charge on any atom is -0.366 e. The van der Waals surface area contributed by atoms with Crippen molar-refractivity contribution < 1.29 is 9.18 Å². The molecule has 1 aliphatic heterocycles. The van der Waals surface area contributed by atoms with Gasteiger partial charge in [0.1, 0.15) is 5.82 Å². The number of para-hydroxylation sites is 1. The molecule has 1 amide bonds. The van der Waals surface area contributed by atoms with E-state index in [9.17, 15) is 9.18 Å². The van der Waals surface area contributed by atoms with E-state index in [1.165, 1.54) is 6.07 Å². The second-order valence-corrected chi connectivity index (χ2v) is 6.87. The van der Waals surface area contributed by atoms with E-state index < -0.39 is 0 Å². The number of guanidine groups is 1. The molecule has 0 aliphatic carbocycles. The predicted octanol–water partition coefficient (Wildman–Crippen LogP) is 3.09.